The first-order chi connectivity index (χ1) is 7.15. The summed E-state index contributed by atoms with van der Waals surface area (Å²) in [4.78, 5) is 14.4. The minimum atomic E-state index is -0.798. The van der Waals surface area contributed by atoms with Crippen LogP contribution in [0.2, 0.25) is 0 Å². The van der Waals surface area contributed by atoms with E-state index in [0.29, 0.717) is 19.1 Å². The predicted octanol–water partition coefficient (Wildman–Crippen LogP) is 0.707. The van der Waals surface area contributed by atoms with Gasteiger partial charge in [0.05, 0.1) is 6.61 Å². The summed E-state index contributed by atoms with van der Waals surface area (Å²) in [5, 5.41) is 8.80. The first kappa shape index (κ1) is 12.3. The van der Waals surface area contributed by atoms with Crippen molar-refractivity contribution in [3.8, 4) is 0 Å². The maximum Gasteiger partial charge on any atom is 0.407 e. The summed E-state index contributed by atoms with van der Waals surface area (Å²) in [6, 6.07) is 0.496. The average Bonchev–Trinajstić information content (AvgIpc) is 2.26. The minimum absolute atomic E-state index is 0.496. The van der Waals surface area contributed by atoms with Crippen LogP contribution in [0, 0.1) is 0 Å². The lowest BCUT2D eigenvalue weighted by Crippen LogP contribution is -2.45. The van der Waals surface area contributed by atoms with E-state index in [1.807, 2.05) is 0 Å². The first-order valence-corrected chi connectivity index (χ1v) is 5.32. The molecule has 0 bridgehead atoms. The van der Waals surface area contributed by atoms with Gasteiger partial charge in [0.2, 0.25) is 0 Å². The van der Waals surface area contributed by atoms with Crippen LogP contribution in [-0.4, -0.2) is 67.4 Å². The van der Waals surface area contributed by atoms with Crippen molar-refractivity contribution >= 4 is 6.09 Å². The number of likely N-dealkylation sites (N-methyl/N-ethyl adjacent to an activating group) is 1. The molecule has 5 heteroatoms. The Morgan fingerprint density at radius 3 is 2.60 bits per heavy atom. The molecule has 1 rings (SSSR count). The Hall–Kier alpha value is -0.810. The van der Waals surface area contributed by atoms with Crippen LogP contribution in [0.3, 0.4) is 0 Å². The van der Waals surface area contributed by atoms with Gasteiger partial charge in [0, 0.05) is 32.8 Å². The molecule has 1 amide bonds. The van der Waals surface area contributed by atoms with Gasteiger partial charge in [-0.3, -0.25) is 0 Å². The van der Waals surface area contributed by atoms with Crippen molar-refractivity contribution in [1.82, 2.24) is 9.80 Å². The molecule has 0 aromatic rings. The molecule has 1 aliphatic rings. The molecule has 88 valence electrons. The number of piperidine rings is 1. The van der Waals surface area contributed by atoms with Gasteiger partial charge in [0.1, 0.15) is 0 Å². The topological polar surface area (TPSA) is 53.0 Å². The molecule has 0 radical (unpaired) electrons. The molecular weight excluding hydrogens is 196 g/mol. The van der Waals surface area contributed by atoms with Gasteiger partial charge < -0.3 is 19.6 Å². The number of amides is 1. The van der Waals surface area contributed by atoms with E-state index in [4.69, 9.17) is 9.84 Å². The van der Waals surface area contributed by atoms with Gasteiger partial charge in [-0.15, -0.1) is 0 Å². The number of carboxylic acid groups (broad SMARTS) is 1. The molecule has 15 heavy (non-hydrogen) atoms. The molecule has 1 N–H and O–H groups in total. The number of methoxy groups -OCH3 is 1. The van der Waals surface area contributed by atoms with Crippen LogP contribution >= 0.6 is 0 Å². The van der Waals surface area contributed by atoms with Crippen LogP contribution in [0.15, 0.2) is 0 Å². The maximum absolute atomic E-state index is 10.7. The third kappa shape index (κ3) is 3.68. The zero-order chi connectivity index (χ0) is 11.3. The van der Waals surface area contributed by atoms with E-state index in [1.54, 1.807) is 7.11 Å². The normalized spacial score (nSPS) is 18.5. The lowest BCUT2D eigenvalue weighted by Gasteiger charge is -2.35. The van der Waals surface area contributed by atoms with E-state index >= 15 is 0 Å². The highest BCUT2D eigenvalue weighted by molar-refractivity contribution is 5.65. The van der Waals surface area contributed by atoms with E-state index in [1.165, 1.54) is 4.90 Å². The summed E-state index contributed by atoms with van der Waals surface area (Å²) < 4.78 is 5.02. The molecular formula is C10H20N2O3. The number of rotatable bonds is 4. The summed E-state index contributed by atoms with van der Waals surface area (Å²) in [6.07, 6.45) is 1.05. The van der Waals surface area contributed by atoms with Crippen molar-refractivity contribution in [2.45, 2.75) is 18.9 Å². The van der Waals surface area contributed by atoms with Gasteiger partial charge in [-0.05, 0) is 19.9 Å². The smallest absolute Gasteiger partial charge is 0.407 e. The summed E-state index contributed by atoms with van der Waals surface area (Å²) in [5.74, 6) is 0. The van der Waals surface area contributed by atoms with Crippen molar-refractivity contribution in [1.29, 1.82) is 0 Å². The first-order valence-electron chi connectivity index (χ1n) is 5.32. The number of likely N-dealkylation sites (tertiary alicyclic amines) is 1. The lowest BCUT2D eigenvalue weighted by atomic mass is 10.0. The van der Waals surface area contributed by atoms with Crippen molar-refractivity contribution < 1.29 is 14.6 Å². The van der Waals surface area contributed by atoms with Crippen molar-refractivity contribution in [2.75, 3.05) is 40.4 Å². The summed E-state index contributed by atoms with van der Waals surface area (Å²) in [7, 11) is 3.76. The maximum atomic E-state index is 10.7. The van der Waals surface area contributed by atoms with E-state index in [9.17, 15) is 4.79 Å². The van der Waals surface area contributed by atoms with Gasteiger partial charge in [0.15, 0.2) is 0 Å². The van der Waals surface area contributed by atoms with Gasteiger partial charge in [-0.25, -0.2) is 4.79 Å². The predicted molar refractivity (Wildman–Crippen MR) is 57.1 cm³/mol. The van der Waals surface area contributed by atoms with Crippen molar-refractivity contribution in [3.63, 3.8) is 0 Å². The second-order valence-electron chi connectivity index (χ2n) is 3.97. The van der Waals surface area contributed by atoms with Crippen LogP contribution in [0.1, 0.15) is 12.8 Å². The lowest BCUT2D eigenvalue weighted by molar-refractivity contribution is 0.0891. The van der Waals surface area contributed by atoms with Gasteiger partial charge in [-0.2, -0.15) is 0 Å². The Balaban J connectivity index is 2.27. The van der Waals surface area contributed by atoms with E-state index in [0.717, 1.165) is 26.0 Å². The highest BCUT2D eigenvalue weighted by atomic mass is 16.5. The quantitative estimate of drug-likeness (QED) is 0.752. The Labute approximate surface area is 90.6 Å². The molecule has 1 aliphatic heterocycles. The third-order valence-electron chi connectivity index (χ3n) is 3.01. The highest BCUT2D eigenvalue weighted by Crippen LogP contribution is 2.14. The number of hydrogen-bond acceptors (Lipinski definition) is 3. The highest BCUT2D eigenvalue weighted by Gasteiger charge is 2.24. The zero-order valence-electron chi connectivity index (χ0n) is 9.48. The van der Waals surface area contributed by atoms with E-state index in [2.05, 4.69) is 11.9 Å². The van der Waals surface area contributed by atoms with Gasteiger partial charge in [-0.1, -0.05) is 0 Å². The largest absolute Gasteiger partial charge is 0.465 e. The molecule has 1 saturated heterocycles. The minimum Gasteiger partial charge on any atom is -0.465 e. The van der Waals surface area contributed by atoms with Crippen LogP contribution in [-0.2, 0) is 4.74 Å². The van der Waals surface area contributed by atoms with E-state index < -0.39 is 6.09 Å². The third-order valence-corrected chi connectivity index (χ3v) is 3.01. The second-order valence-corrected chi connectivity index (χ2v) is 3.97. The van der Waals surface area contributed by atoms with Gasteiger partial charge >= 0.3 is 6.09 Å². The van der Waals surface area contributed by atoms with Crippen molar-refractivity contribution in [2.24, 2.45) is 0 Å². The van der Waals surface area contributed by atoms with Gasteiger partial charge in [0.25, 0.3) is 0 Å². The Morgan fingerprint density at radius 2 is 2.13 bits per heavy atom. The number of nitrogens with zero attached hydrogens (tertiary/aromatic N) is 2. The molecule has 0 aliphatic carbocycles. The van der Waals surface area contributed by atoms with Crippen LogP contribution in [0.5, 0.6) is 0 Å². The summed E-state index contributed by atoms with van der Waals surface area (Å²) >= 11 is 0. The Bertz CT molecular complexity index is 203. The number of carbonyl (C=O) groups is 1. The zero-order valence-corrected chi connectivity index (χ0v) is 9.48. The fourth-order valence-corrected chi connectivity index (χ4v) is 1.92. The molecule has 1 heterocycles. The van der Waals surface area contributed by atoms with Crippen LogP contribution < -0.4 is 0 Å². The molecule has 0 atom stereocenters. The number of hydrogen-bond donors (Lipinski definition) is 1. The average molecular weight is 216 g/mol. The molecule has 0 saturated carbocycles. The van der Waals surface area contributed by atoms with Crippen molar-refractivity contribution in [3.05, 3.63) is 0 Å². The Morgan fingerprint density at radius 1 is 1.53 bits per heavy atom. The van der Waals surface area contributed by atoms with Crippen LogP contribution in [0.4, 0.5) is 4.79 Å². The second kappa shape index (κ2) is 5.92. The SMILES string of the molecule is COCCN(C)C1CCN(C(=O)O)CC1. The molecule has 0 unspecified atom stereocenters. The summed E-state index contributed by atoms with van der Waals surface area (Å²) in [6.45, 7) is 2.94. The summed E-state index contributed by atoms with van der Waals surface area (Å²) in [5.41, 5.74) is 0. The van der Waals surface area contributed by atoms with Crippen LogP contribution in [0.25, 0.3) is 0 Å². The molecule has 0 aromatic carbocycles. The monoisotopic (exact) mass is 216 g/mol. The molecule has 1 fully saturated rings. The molecule has 0 aromatic heterocycles. The fourth-order valence-electron chi connectivity index (χ4n) is 1.92. The molecule has 5 nitrogen and oxygen atoms in total. The molecule has 0 spiro atoms. The fraction of sp³-hybridized carbons (Fsp3) is 0.900. The number of ether oxygens (including phenoxy) is 1. The van der Waals surface area contributed by atoms with E-state index in [-0.39, 0.29) is 0 Å². The standard InChI is InChI=1S/C10H20N2O3/c1-11(7-8-15-2)9-3-5-12(6-4-9)10(13)14/h9H,3-8H2,1-2H3,(H,13,14). The Kier molecular flexibility index (Phi) is 4.84.